The van der Waals surface area contributed by atoms with E-state index in [2.05, 4.69) is 27.6 Å². The van der Waals surface area contributed by atoms with Gasteiger partial charge in [-0.2, -0.15) is 0 Å². The fourth-order valence-electron chi connectivity index (χ4n) is 2.16. The maximum absolute atomic E-state index is 11.2. The molecule has 0 unspecified atom stereocenters. The number of aliphatic imine (C=N–C) groups is 1. The number of ether oxygens (including phenoxy) is 1. The van der Waals surface area contributed by atoms with Crippen LogP contribution in [-0.4, -0.2) is 66.7 Å². The predicted octanol–water partition coefficient (Wildman–Crippen LogP) is -0.0327. The van der Waals surface area contributed by atoms with Crippen LogP contribution in [0.15, 0.2) is 34.2 Å². The standard InChI is InChI=1S/C16H29N5O3S/c1-18-16(19-9-11-21(2)10-4-12-24-3)20-13-14-5-7-15(8-6-14)25(17,22)23/h5-8H,4,9-13H2,1-3H3,(H2,17,22,23)(H2,18,19,20). The maximum Gasteiger partial charge on any atom is 0.238 e. The minimum atomic E-state index is -3.65. The van der Waals surface area contributed by atoms with Crippen molar-refractivity contribution in [3.63, 3.8) is 0 Å². The number of sulfonamides is 1. The highest BCUT2D eigenvalue weighted by Crippen LogP contribution is 2.08. The van der Waals surface area contributed by atoms with Gasteiger partial charge in [0.1, 0.15) is 0 Å². The first-order valence-electron chi connectivity index (χ1n) is 8.10. The number of guanidine groups is 1. The Morgan fingerprint density at radius 3 is 2.48 bits per heavy atom. The summed E-state index contributed by atoms with van der Waals surface area (Å²) in [6.07, 6.45) is 1.01. The van der Waals surface area contributed by atoms with E-state index in [9.17, 15) is 8.42 Å². The van der Waals surface area contributed by atoms with Crippen LogP contribution in [-0.2, 0) is 21.3 Å². The van der Waals surface area contributed by atoms with Gasteiger partial charge < -0.3 is 20.3 Å². The molecule has 0 saturated carbocycles. The van der Waals surface area contributed by atoms with E-state index in [1.807, 2.05) is 0 Å². The van der Waals surface area contributed by atoms with Crippen LogP contribution < -0.4 is 15.8 Å². The molecular formula is C16H29N5O3S. The van der Waals surface area contributed by atoms with Gasteiger partial charge in [-0.05, 0) is 31.2 Å². The summed E-state index contributed by atoms with van der Waals surface area (Å²) in [5, 5.41) is 11.5. The number of benzene rings is 1. The summed E-state index contributed by atoms with van der Waals surface area (Å²) in [7, 11) is 1.83. The van der Waals surface area contributed by atoms with Crippen molar-refractivity contribution in [1.29, 1.82) is 0 Å². The molecule has 25 heavy (non-hydrogen) atoms. The second-order valence-electron chi connectivity index (χ2n) is 5.69. The molecule has 0 saturated heterocycles. The fourth-order valence-corrected chi connectivity index (χ4v) is 2.67. The molecule has 0 fully saturated rings. The van der Waals surface area contributed by atoms with Crippen molar-refractivity contribution in [2.75, 3.05) is 47.4 Å². The Morgan fingerprint density at radius 2 is 1.92 bits per heavy atom. The smallest absolute Gasteiger partial charge is 0.238 e. The monoisotopic (exact) mass is 371 g/mol. The quantitative estimate of drug-likeness (QED) is 0.303. The fraction of sp³-hybridized carbons (Fsp3) is 0.562. The van der Waals surface area contributed by atoms with E-state index in [4.69, 9.17) is 9.88 Å². The molecule has 1 rings (SSSR count). The molecule has 8 nitrogen and oxygen atoms in total. The third kappa shape index (κ3) is 8.82. The number of hydrogen-bond donors (Lipinski definition) is 3. The molecule has 1 aromatic carbocycles. The average molecular weight is 372 g/mol. The van der Waals surface area contributed by atoms with Crippen molar-refractivity contribution < 1.29 is 13.2 Å². The first-order chi connectivity index (χ1) is 11.9. The normalized spacial score (nSPS) is 12.4. The zero-order chi connectivity index (χ0) is 18.7. The van der Waals surface area contributed by atoms with E-state index in [-0.39, 0.29) is 4.90 Å². The van der Waals surface area contributed by atoms with Crippen LogP contribution in [0.2, 0.25) is 0 Å². The van der Waals surface area contributed by atoms with Crippen LogP contribution >= 0.6 is 0 Å². The third-order valence-electron chi connectivity index (χ3n) is 3.61. The van der Waals surface area contributed by atoms with Gasteiger partial charge in [-0.15, -0.1) is 0 Å². The Kier molecular flexibility index (Phi) is 9.43. The minimum absolute atomic E-state index is 0.107. The molecule has 0 atom stereocenters. The van der Waals surface area contributed by atoms with Crippen LogP contribution in [0, 0.1) is 0 Å². The number of rotatable bonds is 10. The summed E-state index contributed by atoms with van der Waals surface area (Å²) in [5.41, 5.74) is 0.937. The van der Waals surface area contributed by atoms with Gasteiger partial charge in [0, 0.05) is 46.9 Å². The average Bonchev–Trinajstić information content (AvgIpc) is 2.57. The first kappa shape index (κ1) is 21.4. The second-order valence-corrected chi connectivity index (χ2v) is 7.25. The van der Waals surface area contributed by atoms with E-state index in [1.165, 1.54) is 12.1 Å². The number of nitrogens with one attached hydrogen (secondary N) is 2. The highest BCUT2D eigenvalue weighted by molar-refractivity contribution is 7.89. The Bertz CT molecular complexity index is 632. The number of methoxy groups -OCH3 is 1. The second kappa shape index (κ2) is 11.0. The summed E-state index contributed by atoms with van der Waals surface area (Å²) in [5.74, 6) is 0.695. The van der Waals surface area contributed by atoms with E-state index in [0.29, 0.717) is 12.5 Å². The first-order valence-corrected chi connectivity index (χ1v) is 9.65. The zero-order valence-electron chi connectivity index (χ0n) is 15.2. The lowest BCUT2D eigenvalue weighted by Gasteiger charge is -2.18. The van der Waals surface area contributed by atoms with Crippen molar-refractivity contribution in [3.05, 3.63) is 29.8 Å². The van der Waals surface area contributed by atoms with Gasteiger partial charge in [0.25, 0.3) is 0 Å². The molecular weight excluding hydrogens is 342 g/mol. The van der Waals surface area contributed by atoms with Gasteiger partial charge in [0.2, 0.25) is 10.0 Å². The molecule has 0 heterocycles. The lowest BCUT2D eigenvalue weighted by atomic mass is 10.2. The highest BCUT2D eigenvalue weighted by Gasteiger charge is 2.07. The molecule has 0 bridgehead atoms. The molecule has 9 heteroatoms. The van der Waals surface area contributed by atoms with Crippen LogP contribution in [0.1, 0.15) is 12.0 Å². The molecule has 4 N–H and O–H groups in total. The van der Waals surface area contributed by atoms with Gasteiger partial charge in [0.05, 0.1) is 4.90 Å². The lowest BCUT2D eigenvalue weighted by Crippen LogP contribution is -2.40. The van der Waals surface area contributed by atoms with Crippen molar-refractivity contribution in [2.45, 2.75) is 17.9 Å². The highest BCUT2D eigenvalue weighted by atomic mass is 32.2. The molecule has 0 amide bonds. The van der Waals surface area contributed by atoms with Gasteiger partial charge >= 0.3 is 0 Å². The van der Waals surface area contributed by atoms with E-state index in [1.54, 1.807) is 26.3 Å². The van der Waals surface area contributed by atoms with Crippen molar-refractivity contribution >= 4 is 16.0 Å². The summed E-state index contributed by atoms with van der Waals surface area (Å²) >= 11 is 0. The van der Waals surface area contributed by atoms with Gasteiger partial charge in [0.15, 0.2) is 5.96 Å². The van der Waals surface area contributed by atoms with Crippen molar-refractivity contribution in [2.24, 2.45) is 10.1 Å². The number of nitrogens with zero attached hydrogens (tertiary/aromatic N) is 2. The Labute approximate surface area is 150 Å². The maximum atomic E-state index is 11.2. The van der Waals surface area contributed by atoms with Crippen LogP contribution in [0.3, 0.4) is 0 Å². The number of hydrogen-bond acceptors (Lipinski definition) is 5. The largest absolute Gasteiger partial charge is 0.385 e. The lowest BCUT2D eigenvalue weighted by molar-refractivity contribution is 0.180. The van der Waals surface area contributed by atoms with Crippen LogP contribution in [0.5, 0.6) is 0 Å². The molecule has 0 spiro atoms. The molecule has 142 valence electrons. The summed E-state index contributed by atoms with van der Waals surface area (Å²) < 4.78 is 27.5. The number of likely N-dealkylation sites (N-methyl/N-ethyl adjacent to an activating group) is 1. The third-order valence-corrected chi connectivity index (χ3v) is 4.54. The van der Waals surface area contributed by atoms with Gasteiger partial charge in [-0.25, -0.2) is 13.6 Å². The van der Waals surface area contributed by atoms with Gasteiger partial charge in [-0.3, -0.25) is 4.99 Å². The Morgan fingerprint density at radius 1 is 1.24 bits per heavy atom. The molecule has 0 aromatic heterocycles. The molecule has 0 aliphatic carbocycles. The van der Waals surface area contributed by atoms with E-state index >= 15 is 0 Å². The summed E-state index contributed by atoms with van der Waals surface area (Å²) in [6, 6.07) is 6.45. The number of nitrogens with two attached hydrogens (primary N) is 1. The molecule has 1 aromatic rings. The molecule has 0 aliphatic heterocycles. The van der Waals surface area contributed by atoms with Crippen LogP contribution in [0.4, 0.5) is 0 Å². The van der Waals surface area contributed by atoms with Gasteiger partial charge in [-0.1, -0.05) is 12.1 Å². The minimum Gasteiger partial charge on any atom is -0.385 e. The Hall–Kier alpha value is -1.68. The summed E-state index contributed by atoms with van der Waals surface area (Å²) in [4.78, 5) is 6.51. The van der Waals surface area contributed by atoms with Crippen LogP contribution in [0.25, 0.3) is 0 Å². The topological polar surface area (TPSA) is 109 Å². The SMILES string of the molecule is CN=C(NCCN(C)CCCOC)NCc1ccc(S(N)(=O)=O)cc1. The van der Waals surface area contributed by atoms with Crippen molar-refractivity contribution in [1.82, 2.24) is 15.5 Å². The summed E-state index contributed by atoms with van der Waals surface area (Å²) in [6.45, 7) is 3.96. The molecule has 0 aliphatic rings. The Balaban J connectivity index is 2.34. The zero-order valence-corrected chi connectivity index (χ0v) is 16.0. The number of primary sulfonamides is 1. The predicted molar refractivity (Wildman–Crippen MR) is 100 cm³/mol. The van der Waals surface area contributed by atoms with E-state index < -0.39 is 10.0 Å². The molecule has 0 radical (unpaired) electrons. The van der Waals surface area contributed by atoms with E-state index in [0.717, 1.165) is 38.2 Å². The van der Waals surface area contributed by atoms with Crippen molar-refractivity contribution in [3.8, 4) is 0 Å².